The summed E-state index contributed by atoms with van der Waals surface area (Å²) in [5.41, 5.74) is 2.83. The average Bonchev–Trinajstić information content (AvgIpc) is 3.21. The van der Waals surface area contributed by atoms with Crippen molar-refractivity contribution < 1.29 is 14.6 Å². The number of rotatable bonds is 6. The molecule has 3 rings (SSSR count). The smallest absolute Gasteiger partial charge is 0.315 e. The summed E-state index contributed by atoms with van der Waals surface area (Å²) in [5.74, 6) is 1.06. The molecule has 120 valence electrons. The van der Waals surface area contributed by atoms with Gasteiger partial charge in [-0.3, -0.25) is 0 Å². The quantitative estimate of drug-likeness (QED) is 0.744. The van der Waals surface area contributed by atoms with E-state index in [9.17, 15) is 9.90 Å². The van der Waals surface area contributed by atoms with Gasteiger partial charge < -0.3 is 20.5 Å². The molecule has 4 unspecified atom stereocenters. The van der Waals surface area contributed by atoms with Crippen LogP contribution in [0.4, 0.5) is 4.79 Å². The van der Waals surface area contributed by atoms with Crippen LogP contribution in [0.3, 0.4) is 0 Å². The number of aliphatic hydroxyl groups excluding tert-OH is 1. The van der Waals surface area contributed by atoms with Crippen LogP contribution >= 0.6 is 0 Å². The number of aliphatic hydroxyl groups is 1. The summed E-state index contributed by atoms with van der Waals surface area (Å²) in [6.07, 6.45) is 2.24. The zero-order chi connectivity index (χ0) is 15.5. The van der Waals surface area contributed by atoms with Crippen molar-refractivity contribution in [2.75, 3.05) is 20.3 Å². The number of carbonyl (C=O) groups excluding carboxylic acids is 1. The summed E-state index contributed by atoms with van der Waals surface area (Å²) < 4.78 is 4.85. The van der Waals surface area contributed by atoms with Crippen molar-refractivity contribution in [1.29, 1.82) is 0 Å². The van der Waals surface area contributed by atoms with Crippen LogP contribution in [0, 0.1) is 5.92 Å². The van der Waals surface area contributed by atoms with E-state index in [-0.39, 0.29) is 12.1 Å². The van der Waals surface area contributed by atoms with Crippen molar-refractivity contribution in [3.05, 3.63) is 35.4 Å². The number of ether oxygens (including phenoxy) is 1. The highest BCUT2D eigenvalue weighted by atomic mass is 16.5. The lowest BCUT2D eigenvalue weighted by Gasteiger charge is -2.13. The van der Waals surface area contributed by atoms with Gasteiger partial charge in [-0.1, -0.05) is 24.3 Å². The summed E-state index contributed by atoms with van der Waals surface area (Å²) in [6, 6.07) is 8.66. The van der Waals surface area contributed by atoms with Crippen LogP contribution in [0.25, 0.3) is 0 Å². The van der Waals surface area contributed by atoms with Crippen LogP contribution in [-0.2, 0) is 11.2 Å². The van der Waals surface area contributed by atoms with E-state index in [1.54, 1.807) is 7.11 Å². The first-order valence-electron chi connectivity index (χ1n) is 8.00. The van der Waals surface area contributed by atoms with Gasteiger partial charge in [-0.25, -0.2) is 4.79 Å². The predicted octanol–water partition coefficient (Wildman–Crippen LogP) is 1.41. The lowest BCUT2D eigenvalue weighted by atomic mass is 9.92. The second kappa shape index (κ2) is 6.67. The summed E-state index contributed by atoms with van der Waals surface area (Å²) in [4.78, 5) is 12.0. The standard InChI is InChI=1S/C17H24N2O3/c1-22-10-12(20)8-9-18-17(21)19-16-14-7-6-11-4-2-3-5-13(11)15(14)16/h2-5,12,14-16,20H,6-10H2,1H3,(H2,18,19,21). The fourth-order valence-corrected chi connectivity index (χ4v) is 3.59. The van der Waals surface area contributed by atoms with Crippen LogP contribution in [0.1, 0.15) is 29.9 Å². The Hall–Kier alpha value is -1.59. The van der Waals surface area contributed by atoms with Crippen LogP contribution in [0.15, 0.2) is 24.3 Å². The van der Waals surface area contributed by atoms with Gasteiger partial charge in [-0.05, 0) is 36.3 Å². The maximum Gasteiger partial charge on any atom is 0.315 e. The molecule has 5 nitrogen and oxygen atoms in total. The summed E-state index contributed by atoms with van der Waals surface area (Å²) in [5, 5.41) is 15.4. The van der Waals surface area contributed by atoms with E-state index in [1.165, 1.54) is 11.1 Å². The van der Waals surface area contributed by atoms with Crippen LogP contribution in [0.2, 0.25) is 0 Å². The second-order valence-electron chi connectivity index (χ2n) is 6.25. The number of amides is 2. The first-order chi connectivity index (χ1) is 10.7. The molecule has 1 aromatic rings. The third-order valence-corrected chi connectivity index (χ3v) is 4.75. The summed E-state index contributed by atoms with van der Waals surface area (Å²) >= 11 is 0. The highest BCUT2D eigenvalue weighted by molar-refractivity contribution is 5.75. The summed E-state index contributed by atoms with van der Waals surface area (Å²) in [7, 11) is 1.55. The number of carbonyl (C=O) groups is 1. The number of methoxy groups -OCH3 is 1. The van der Waals surface area contributed by atoms with Crippen LogP contribution < -0.4 is 10.6 Å². The molecule has 2 amide bonds. The van der Waals surface area contributed by atoms with E-state index in [0.717, 1.165) is 12.8 Å². The molecule has 1 aromatic carbocycles. The van der Waals surface area contributed by atoms with Gasteiger partial charge in [0.2, 0.25) is 0 Å². The molecule has 0 spiro atoms. The predicted molar refractivity (Wildman–Crippen MR) is 83.8 cm³/mol. The largest absolute Gasteiger partial charge is 0.391 e. The lowest BCUT2D eigenvalue weighted by molar-refractivity contribution is 0.0598. The molecule has 1 fully saturated rings. The maximum absolute atomic E-state index is 12.0. The second-order valence-corrected chi connectivity index (χ2v) is 6.25. The molecule has 2 aliphatic rings. The Bertz CT molecular complexity index is 534. The monoisotopic (exact) mass is 304 g/mol. The minimum absolute atomic E-state index is 0.138. The van der Waals surface area contributed by atoms with Gasteiger partial charge in [0.1, 0.15) is 0 Å². The molecule has 5 heteroatoms. The topological polar surface area (TPSA) is 70.6 Å². The average molecular weight is 304 g/mol. The molecule has 2 aliphatic carbocycles. The molecule has 0 bridgehead atoms. The molecule has 1 saturated carbocycles. The van der Waals surface area contributed by atoms with Crippen molar-refractivity contribution in [2.45, 2.75) is 37.3 Å². The molecule has 0 aromatic heterocycles. The molecule has 22 heavy (non-hydrogen) atoms. The third kappa shape index (κ3) is 3.25. The van der Waals surface area contributed by atoms with Crippen molar-refractivity contribution in [3.63, 3.8) is 0 Å². The van der Waals surface area contributed by atoms with Gasteiger partial charge in [0.15, 0.2) is 0 Å². The van der Waals surface area contributed by atoms with Crippen molar-refractivity contribution in [2.24, 2.45) is 5.92 Å². The van der Waals surface area contributed by atoms with Crippen molar-refractivity contribution in [3.8, 4) is 0 Å². The Morgan fingerprint density at radius 2 is 2.27 bits per heavy atom. The molecular weight excluding hydrogens is 280 g/mol. The van der Waals surface area contributed by atoms with Gasteiger partial charge >= 0.3 is 6.03 Å². The van der Waals surface area contributed by atoms with E-state index < -0.39 is 6.10 Å². The van der Waals surface area contributed by atoms with Crippen molar-refractivity contribution >= 4 is 6.03 Å². The van der Waals surface area contributed by atoms with Gasteiger partial charge in [-0.2, -0.15) is 0 Å². The third-order valence-electron chi connectivity index (χ3n) is 4.75. The molecule has 0 aliphatic heterocycles. The fourth-order valence-electron chi connectivity index (χ4n) is 3.59. The zero-order valence-corrected chi connectivity index (χ0v) is 12.9. The van der Waals surface area contributed by atoms with E-state index in [1.807, 2.05) is 0 Å². The Kier molecular flexibility index (Phi) is 4.64. The SMILES string of the molecule is COCC(O)CCNC(=O)NC1C2CCc3ccccc3C21. The van der Waals surface area contributed by atoms with Gasteiger partial charge in [0.05, 0.1) is 12.7 Å². The number of aryl methyl sites for hydroxylation is 1. The first kappa shape index (κ1) is 15.3. The normalized spacial score (nSPS) is 26.5. The highest BCUT2D eigenvalue weighted by Gasteiger charge is 2.53. The Labute approximate surface area is 131 Å². The van der Waals surface area contributed by atoms with Gasteiger partial charge in [-0.15, -0.1) is 0 Å². The molecule has 4 atom stereocenters. The number of hydrogen-bond donors (Lipinski definition) is 3. The maximum atomic E-state index is 12.0. The highest BCUT2D eigenvalue weighted by Crippen LogP contribution is 2.54. The van der Waals surface area contributed by atoms with Gasteiger partial charge in [0, 0.05) is 25.6 Å². The molecule has 3 N–H and O–H groups in total. The number of fused-ring (bicyclic) bond motifs is 3. The Morgan fingerprint density at radius 1 is 1.45 bits per heavy atom. The molecule has 0 saturated heterocycles. The van der Waals surface area contributed by atoms with E-state index in [4.69, 9.17) is 4.74 Å². The minimum atomic E-state index is -0.527. The van der Waals surface area contributed by atoms with Crippen LogP contribution in [-0.4, -0.2) is 43.5 Å². The van der Waals surface area contributed by atoms with Crippen molar-refractivity contribution in [1.82, 2.24) is 10.6 Å². The van der Waals surface area contributed by atoms with E-state index in [0.29, 0.717) is 31.4 Å². The number of benzene rings is 1. The van der Waals surface area contributed by atoms with E-state index in [2.05, 4.69) is 34.9 Å². The first-order valence-corrected chi connectivity index (χ1v) is 8.00. The Balaban J connectivity index is 1.45. The zero-order valence-electron chi connectivity index (χ0n) is 12.9. The number of hydrogen-bond acceptors (Lipinski definition) is 3. The number of nitrogens with one attached hydrogen (secondary N) is 2. The minimum Gasteiger partial charge on any atom is -0.391 e. The molecule has 0 heterocycles. The Morgan fingerprint density at radius 3 is 3.09 bits per heavy atom. The molecule has 0 radical (unpaired) electrons. The van der Waals surface area contributed by atoms with E-state index >= 15 is 0 Å². The summed E-state index contributed by atoms with van der Waals surface area (Å²) in [6.45, 7) is 0.752. The van der Waals surface area contributed by atoms with Crippen LogP contribution in [0.5, 0.6) is 0 Å². The fraction of sp³-hybridized carbons (Fsp3) is 0.588. The molecular formula is C17H24N2O3. The number of urea groups is 1. The van der Waals surface area contributed by atoms with Gasteiger partial charge in [0.25, 0.3) is 0 Å². The lowest BCUT2D eigenvalue weighted by Crippen LogP contribution is -2.39.